The molecule has 0 unspecified atom stereocenters. The first-order valence-corrected chi connectivity index (χ1v) is 16.0. The van der Waals surface area contributed by atoms with Crippen LogP contribution in [0.3, 0.4) is 0 Å². The van der Waals surface area contributed by atoms with Gasteiger partial charge in [0.25, 0.3) is 0 Å². The minimum absolute atomic E-state index is 0.232. The molecule has 0 aliphatic heterocycles. The lowest BCUT2D eigenvalue weighted by molar-refractivity contribution is -0.138. The fourth-order valence-corrected chi connectivity index (χ4v) is 7.05. The number of carbonyl (C=O) groups excluding carboxylic acids is 1. The summed E-state index contributed by atoms with van der Waals surface area (Å²) in [7, 11) is 0. The van der Waals surface area contributed by atoms with Gasteiger partial charge in [-0.2, -0.15) is 0 Å². The van der Waals surface area contributed by atoms with Gasteiger partial charge in [-0.1, -0.05) is 82.4 Å². The van der Waals surface area contributed by atoms with Crippen molar-refractivity contribution in [2.24, 2.45) is 17.8 Å². The highest BCUT2D eigenvalue weighted by Gasteiger charge is 2.31. The Balaban J connectivity index is 1.31. The van der Waals surface area contributed by atoms with Crippen LogP contribution in [0.1, 0.15) is 108 Å². The van der Waals surface area contributed by atoms with Crippen molar-refractivity contribution < 1.29 is 19.4 Å². The molecule has 2 aliphatic carbocycles. The number of hydrogen-bond acceptors (Lipinski definition) is 4. The molecule has 0 spiro atoms. The largest absolute Gasteiger partial charge is 0.512 e. The summed E-state index contributed by atoms with van der Waals surface area (Å²) in [4.78, 5) is 11.8. The Bertz CT molecular complexity index is 1130. The first kappa shape index (κ1) is 30.9. The van der Waals surface area contributed by atoms with E-state index in [-0.39, 0.29) is 6.61 Å². The Morgan fingerprint density at radius 1 is 0.927 bits per heavy atom. The van der Waals surface area contributed by atoms with Crippen LogP contribution in [-0.4, -0.2) is 17.7 Å². The Morgan fingerprint density at radius 2 is 1.59 bits per heavy atom. The van der Waals surface area contributed by atoms with E-state index in [4.69, 9.17) is 14.6 Å². The highest BCUT2D eigenvalue weighted by atomic mass is 16.5. The summed E-state index contributed by atoms with van der Waals surface area (Å²) < 4.78 is 10.9. The smallest absolute Gasteiger partial charge is 0.333 e. The number of rotatable bonds is 13. The van der Waals surface area contributed by atoms with Crippen LogP contribution in [0.5, 0.6) is 5.75 Å². The Morgan fingerprint density at radius 3 is 2.22 bits per heavy atom. The summed E-state index contributed by atoms with van der Waals surface area (Å²) in [5, 5.41) is 9.03. The van der Waals surface area contributed by atoms with Crippen LogP contribution in [-0.2, 0) is 16.0 Å². The van der Waals surface area contributed by atoms with Crippen LogP contribution in [0.2, 0.25) is 0 Å². The molecule has 0 aromatic heterocycles. The van der Waals surface area contributed by atoms with Gasteiger partial charge in [0.2, 0.25) is 0 Å². The zero-order valence-electron chi connectivity index (χ0n) is 25.3. The second kappa shape index (κ2) is 15.8. The maximum absolute atomic E-state index is 11.8. The van der Waals surface area contributed by atoms with Crippen LogP contribution in [0.25, 0.3) is 11.1 Å². The molecule has 2 saturated carbocycles. The second-order valence-corrected chi connectivity index (χ2v) is 12.4. The summed E-state index contributed by atoms with van der Waals surface area (Å²) in [6, 6.07) is 15.1. The van der Waals surface area contributed by atoms with Crippen molar-refractivity contribution in [3.63, 3.8) is 0 Å². The van der Waals surface area contributed by atoms with Gasteiger partial charge in [0.1, 0.15) is 18.3 Å². The number of aliphatic hydroxyl groups excluding tert-OH is 1. The summed E-state index contributed by atoms with van der Waals surface area (Å²) >= 11 is 0. The van der Waals surface area contributed by atoms with E-state index >= 15 is 0 Å². The van der Waals surface area contributed by atoms with Crippen LogP contribution >= 0.6 is 0 Å². The van der Waals surface area contributed by atoms with Gasteiger partial charge in [-0.15, -0.1) is 0 Å². The van der Waals surface area contributed by atoms with Gasteiger partial charge < -0.3 is 14.6 Å². The minimum atomic E-state index is -0.395. The second-order valence-electron chi connectivity index (χ2n) is 12.4. The van der Waals surface area contributed by atoms with Gasteiger partial charge in [-0.25, -0.2) is 4.79 Å². The summed E-state index contributed by atoms with van der Waals surface area (Å²) in [5.74, 6) is 3.82. The van der Waals surface area contributed by atoms with Crippen molar-refractivity contribution in [1.29, 1.82) is 0 Å². The number of unbranched alkanes of at least 4 members (excludes halogenated alkanes) is 2. The molecule has 4 rings (SSSR count). The van der Waals surface area contributed by atoms with E-state index in [0.717, 1.165) is 40.7 Å². The van der Waals surface area contributed by atoms with Crippen LogP contribution in [0.15, 0.2) is 67.1 Å². The highest BCUT2D eigenvalue weighted by Crippen LogP contribution is 2.44. The lowest BCUT2D eigenvalue weighted by Crippen LogP contribution is -2.25. The van der Waals surface area contributed by atoms with E-state index in [9.17, 15) is 4.79 Å². The molecular formula is C37H50O4. The number of aliphatic hydroxyl groups is 1. The summed E-state index contributed by atoms with van der Waals surface area (Å²) in [6.45, 7) is 7.81. The standard InChI is InChI=1S/C37H50O4/c1-4-5-6-7-28-8-10-29(11-9-28)30-12-14-31(15-13-30)32-16-18-33(19-17-32)34-20-21-36(40-25-23-38)35(26-34)22-24-41-37(39)27(2)3/h16-21,23,25-26,28-31,38H,2,4-15,22,24H2,1,3H3/b25-23-. The maximum atomic E-state index is 11.8. The van der Waals surface area contributed by atoms with Crippen molar-refractivity contribution in [1.82, 2.24) is 0 Å². The number of benzene rings is 2. The van der Waals surface area contributed by atoms with E-state index in [2.05, 4.69) is 43.8 Å². The molecule has 2 aromatic rings. The quantitative estimate of drug-likeness (QED) is 0.115. The molecule has 0 atom stereocenters. The predicted octanol–water partition coefficient (Wildman–Crippen LogP) is 10.1. The van der Waals surface area contributed by atoms with Crippen molar-refractivity contribution in [3.05, 3.63) is 78.3 Å². The number of ether oxygens (including phenoxy) is 2. The molecule has 2 fully saturated rings. The van der Waals surface area contributed by atoms with Crippen LogP contribution in [0.4, 0.5) is 0 Å². The molecular weight excluding hydrogens is 508 g/mol. The molecule has 0 heterocycles. The highest BCUT2D eigenvalue weighted by molar-refractivity contribution is 5.86. The molecule has 0 bridgehead atoms. The Hall–Kier alpha value is -3.01. The van der Waals surface area contributed by atoms with Crippen molar-refractivity contribution in [2.75, 3.05) is 6.61 Å². The maximum Gasteiger partial charge on any atom is 0.333 e. The molecule has 222 valence electrons. The lowest BCUT2D eigenvalue weighted by atomic mass is 9.68. The first-order valence-electron chi connectivity index (χ1n) is 16.0. The molecule has 41 heavy (non-hydrogen) atoms. The van der Waals surface area contributed by atoms with Crippen molar-refractivity contribution in [3.8, 4) is 16.9 Å². The van der Waals surface area contributed by atoms with Gasteiger partial charge in [0.05, 0.1) is 6.61 Å². The first-order chi connectivity index (χ1) is 20.0. The average molecular weight is 559 g/mol. The molecule has 1 N–H and O–H groups in total. The third-order valence-electron chi connectivity index (χ3n) is 9.53. The molecule has 4 nitrogen and oxygen atoms in total. The lowest BCUT2D eigenvalue weighted by Gasteiger charge is -2.38. The number of hydrogen-bond donors (Lipinski definition) is 1. The number of carbonyl (C=O) groups is 1. The van der Waals surface area contributed by atoms with Gasteiger partial charge in [-0.3, -0.25) is 0 Å². The number of esters is 1. The summed E-state index contributed by atoms with van der Waals surface area (Å²) in [6.07, 6.45) is 19.6. The van der Waals surface area contributed by atoms with Gasteiger partial charge in [0.15, 0.2) is 0 Å². The molecule has 0 amide bonds. The van der Waals surface area contributed by atoms with E-state index in [0.29, 0.717) is 23.7 Å². The monoisotopic (exact) mass is 558 g/mol. The van der Waals surface area contributed by atoms with E-state index in [1.807, 2.05) is 12.1 Å². The average Bonchev–Trinajstić information content (AvgIpc) is 3.01. The third kappa shape index (κ3) is 8.99. The molecule has 2 aromatic carbocycles. The van der Waals surface area contributed by atoms with Crippen LogP contribution < -0.4 is 4.74 Å². The van der Waals surface area contributed by atoms with Crippen molar-refractivity contribution >= 4 is 5.97 Å². The Kier molecular flexibility index (Phi) is 12.0. The zero-order valence-corrected chi connectivity index (χ0v) is 25.3. The Labute approximate surface area is 247 Å². The third-order valence-corrected chi connectivity index (χ3v) is 9.53. The summed E-state index contributed by atoms with van der Waals surface area (Å²) in [5.41, 5.74) is 5.00. The van der Waals surface area contributed by atoms with Crippen LogP contribution in [0, 0.1) is 17.8 Å². The molecule has 0 saturated heterocycles. The molecule has 2 aliphatic rings. The normalized spacial score (nSPS) is 22.9. The van der Waals surface area contributed by atoms with Gasteiger partial charge in [-0.05, 0) is 104 Å². The zero-order chi connectivity index (χ0) is 29.0. The molecule has 0 radical (unpaired) electrons. The predicted molar refractivity (Wildman–Crippen MR) is 168 cm³/mol. The SMILES string of the molecule is C=C(C)C(=O)OCCc1cc(-c2ccc(C3CCC(C4CCC(CCCCC)CC4)CC3)cc2)ccc1O/C=C\O. The topological polar surface area (TPSA) is 55.8 Å². The van der Waals surface area contributed by atoms with E-state index in [1.165, 1.54) is 88.9 Å². The van der Waals surface area contributed by atoms with Crippen molar-refractivity contribution in [2.45, 2.75) is 103 Å². The van der Waals surface area contributed by atoms with E-state index < -0.39 is 5.97 Å². The van der Waals surface area contributed by atoms with Gasteiger partial charge in [0, 0.05) is 12.0 Å². The van der Waals surface area contributed by atoms with Gasteiger partial charge >= 0.3 is 5.97 Å². The molecule has 4 heteroatoms. The minimum Gasteiger partial charge on any atom is -0.512 e. The van der Waals surface area contributed by atoms with E-state index in [1.54, 1.807) is 6.92 Å². The fraction of sp³-hybridized carbons (Fsp3) is 0.541. The fourth-order valence-electron chi connectivity index (χ4n) is 7.05.